The molecule has 3 aromatic rings. The number of fused-ring (bicyclic) bond motifs is 1. The van der Waals surface area contributed by atoms with E-state index in [4.69, 9.17) is 4.74 Å². The van der Waals surface area contributed by atoms with Gasteiger partial charge < -0.3 is 9.72 Å². The van der Waals surface area contributed by atoms with Gasteiger partial charge in [-0.15, -0.1) is 0 Å². The molecule has 0 aromatic carbocycles. The van der Waals surface area contributed by atoms with Crippen molar-refractivity contribution in [2.24, 2.45) is 0 Å². The molecule has 3 heterocycles. The molecular weight excluding hydrogens is 310 g/mol. The molecule has 24 heavy (non-hydrogen) atoms. The van der Waals surface area contributed by atoms with Gasteiger partial charge in [0.1, 0.15) is 17.9 Å². The highest BCUT2D eigenvalue weighted by atomic mass is 16.5. The Morgan fingerprint density at radius 2 is 2.08 bits per heavy atom. The van der Waals surface area contributed by atoms with Crippen LogP contribution in [0.1, 0.15) is 39.2 Å². The Bertz CT molecular complexity index is 1000. The first kappa shape index (κ1) is 15.7. The third-order valence-electron chi connectivity index (χ3n) is 3.59. The van der Waals surface area contributed by atoms with E-state index in [2.05, 4.69) is 9.97 Å². The highest BCUT2D eigenvalue weighted by Crippen LogP contribution is 2.08. The molecule has 0 amide bonds. The maximum atomic E-state index is 12.2. The van der Waals surface area contributed by atoms with E-state index in [1.165, 1.54) is 29.7 Å². The maximum absolute atomic E-state index is 12.2. The summed E-state index contributed by atoms with van der Waals surface area (Å²) in [5, 5.41) is 0. The van der Waals surface area contributed by atoms with E-state index in [9.17, 15) is 14.4 Å². The molecule has 122 valence electrons. The first-order chi connectivity index (χ1) is 11.5. The second-order valence-corrected chi connectivity index (χ2v) is 5.38. The standard InChI is InChI=1S/C17H15N3O4/c1-10-4-3-5-15-19-13(7-16(22)20(10)15)9-24-17(23)14-6-12(8-18-14)11(2)21/h3-8,18H,9H2,1-2H3. The topological polar surface area (TPSA) is 93.5 Å². The van der Waals surface area contributed by atoms with Gasteiger partial charge in [0, 0.05) is 23.5 Å². The minimum Gasteiger partial charge on any atom is -0.455 e. The molecule has 0 atom stereocenters. The summed E-state index contributed by atoms with van der Waals surface area (Å²) in [6.45, 7) is 3.09. The molecule has 0 aliphatic heterocycles. The number of hydrogen-bond donors (Lipinski definition) is 1. The summed E-state index contributed by atoms with van der Waals surface area (Å²) in [6.07, 6.45) is 1.45. The third kappa shape index (κ3) is 2.96. The van der Waals surface area contributed by atoms with Crippen molar-refractivity contribution < 1.29 is 14.3 Å². The molecule has 0 aliphatic rings. The Hall–Kier alpha value is -3.22. The lowest BCUT2D eigenvalue weighted by Crippen LogP contribution is -2.18. The van der Waals surface area contributed by atoms with E-state index in [1.54, 1.807) is 12.1 Å². The molecule has 3 aromatic heterocycles. The molecule has 0 aliphatic carbocycles. The van der Waals surface area contributed by atoms with E-state index >= 15 is 0 Å². The fourth-order valence-corrected chi connectivity index (χ4v) is 2.37. The van der Waals surface area contributed by atoms with E-state index < -0.39 is 5.97 Å². The van der Waals surface area contributed by atoms with Crippen molar-refractivity contribution in [2.45, 2.75) is 20.5 Å². The smallest absolute Gasteiger partial charge is 0.355 e. The van der Waals surface area contributed by atoms with Crippen LogP contribution >= 0.6 is 0 Å². The number of nitrogens with zero attached hydrogens (tertiary/aromatic N) is 2. The highest BCUT2D eigenvalue weighted by Gasteiger charge is 2.13. The fourth-order valence-electron chi connectivity index (χ4n) is 2.37. The number of ketones is 1. The molecule has 0 unspecified atom stereocenters. The number of carbonyl (C=O) groups is 2. The van der Waals surface area contributed by atoms with Crippen molar-refractivity contribution in [3.8, 4) is 0 Å². The number of esters is 1. The normalized spacial score (nSPS) is 10.8. The Labute approximate surface area is 136 Å². The van der Waals surface area contributed by atoms with Crippen LogP contribution in [-0.2, 0) is 11.3 Å². The number of aryl methyl sites for hydroxylation is 1. The minimum absolute atomic E-state index is 0.132. The van der Waals surface area contributed by atoms with Gasteiger partial charge >= 0.3 is 5.97 Å². The predicted octanol–water partition coefficient (Wildman–Crippen LogP) is 1.89. The van der Waals surface area contributed by atoms with Crippen LogP contribution in [0.3, 0.4) is 0 Å². The number of rotatable bonds is 4. The van der Waals surface area contributed by atoms with Gasteiger partial charge in [0.2, 0.25) is 0 Å². The number of Topliss-reactive ketones (excluding diaryl/α,β-unsaturated/α-hetero) is 1. The minimum atomic E-state index is -0.617. The number of nitrogens with one attached hydrogen (secondary N) is 1. The zero-order valence-electron chi connectivity index (χ0n) is 13.2. The summed E-state index contributed by atoms with van der Waals surface area (Å²) in [5.74, 6) is -0.765. The average Bonchev–Trinajstić information content (AvgIpc) is 3.02. The summed E-state index contributed by atoms with van der Waals surface area (Å²) >= 11 is 0. The monoisotopic (exact) mass is 325 g/mol. The molecule has 0 radical (unpaired) electrons. The van der Waals surface area contributed by atoms with Crippen molar-refractivity contribution in [2.75, 3.05) is 0 Å². The van der Waals surface area contributed by atoms with Crippen LogP contribution in [0, 0.1) is 6.92 Å². The van der Waals surface area contributed by atoms with Crippen molar-refractivity contribution in [3.63, 3.8) is 0 Å². The summed E-state index contributed by atoms with van der Waals surface area (Å²) in [5.41, 5.74) is 1.97. The third-order valence-corrected chi connectivity index (χ3v) is 3.59. The van der Waals surface area contributed by atoms with E-state index in [1.807, 2.05) is 13.0 Å². The van der Waals surface area contributed by atoms with Crippen LogP contribution in [0.2, 0.25) is 0 Å². The van der Waals surface area contributed by atoms with Gasteiger partial charge in [-0.2, -0.15) is 0 Å². The number of carbonyl (C=O) groups excluding carboxylic acids is 2. The molecule has 7 heteroatoms. The molecule has 0 bridgehead atoms. The molecule has 0 fully saturated rings. The summed E-state index contributed by atoms with van der Waals surface area (Å²) in [7, 11) is 0. The number of aromatic amines is 1. The molecule has 0 saturated heterocycles. The van der Waals surface area contributed by atoms with Crippen molar-refractivity contribution in [1.82, 2.24) is 14.4 Å². The molecule has 0 saturated carbocycles. The SMILES string of the molecule is CC(=O)c1c[nH]c(C(=O)OCc2cc(=O)n3c(C)cccc3n2)c1. The van der Waals surface area contributed by atoms with Crippen LogP contribution in [0.5, 0.6) is 0 Å². The molecule has 1 N–H and O–H groups in total. The Morgan fingerprint density at radius 3 is 2.79 bits per heavy atom. The predicted molar refractivity (Wildman–Crippen MR) is 86.1 cm³/mol. The molecule has 3 rings (SSSR count). The van der Waals surface area contributed by atoms with Crippen molar-refractivity contribution in [3.05, 3.63) is 69.5 Å². The number of pyridine rings is 1. The first-order valence-corrected chi connectivity index (χ1v) is 7.30. The van der Waals surface area contributed by atoms with Crippen LogP contribution in [0.4, 0.5) is 0 Å². The Kier molecular flexibility index (Phi) is 3.99. The Morgan fingerprint density at radius 1 is 1.29 bits per heavy atom. The van der Waals surface area contributed by atoms with Gasteiger partial charge in [0.05, 0.1) is 5.69 Å². The van der Waals surface area contributed by atoms with Crippen LogP contribution in [-0.4, -0.2) is 26.1 Å². The van der Waals surface area contributed by atoms with Gasteiger partial charge in [-0.3, -0.25) is 14.0 Å². The second-order valence-electron chi connectivity index (χ2n) is 5.38. The summed E-state index contributed by atoms with van der Waals surface area (Å²) in [6, 6.07) is 8.09. The van der Waals surface area contributed by atoms with E-state index in [0.29, 0.717) is 16.9 Å². The maximum Gasteiger partial charge on any atom is 0.355 e. The van der Waals surface area contributed by atoms with Gasteiger partial charge in [0.25, 0.3) is 5.56 Å². The molecule has 7 nitrogen and oxygen atoms in total. The van der Waals surface area contributed by atoms with Crippen LogP contribution in [0.15, 0.2) is 41.3 Å². The number of H-pyrrole nitrogens is 1. The van der Waals surface area contributed by atoms with E-state index in [0.717, 1.165) is 5.69 Å². The highest BCUT2D eigenvalue weighted by molar-refractivity contribution is 5.97. The number of hydrogen-bond acceptors (Lipinski definition) is 5. The lowest BCUT2D eigenvalue weighted by Gasteiger charge is -2.07. The average molecular weight is 325 g/mol. The first-order valence-electron chi connectivity index (χ1n) is 7.30. The molecule has 0 spiro atoms. The zero-order valence-corrected chi connectivity index (χ0v) is 13.2. The Balaban J connectivity index is 1.79. The molecular formula is C17H15N3O4. The largest absolute Gasteiger partial charge is 0.455 e. The van der Waals surface area contributed by atoms with Gasteiger partial charge in [0.15, 0.2) is 5.78 Å². The van der Waals surface area contributed by atoms with Gasteiger partial charge in [-0.1, -0.05) is 6.07 Å². The summed E-state index contributed by atoms with van der Waals surface area (Å²) < 4.78 is 6.63. The quantitative estimate of drug-likeness (QED) is 0.584. The van der Waals surface area contributed by atoms with Crippen LogP contribution in [0.25, 0.3) is 5.65 Å². The second kappa shape index (κ2) is 6.11. The van der Waals surface area contributed by atoms with Gasteiger partial charge in [-0.05, 0) is 32.0 Å². The zero-order chi connectivity index (χ0) is 17.3. The summed E-state index contributed by atoms with van der Waals surface area (Å²) in [4.78, 5) is 42.4. The fraction of sp³-hybridized carbons (Fsp3) is 0.176. The number of ether oxygens (including phenoxy) is 1. The number of aromatic nitrogens is 3. The van der Waals surface area contributed by atoms with Gasteiger partial charge in [-0.25, -0.2) is 9.78 Å². The van der Waals surface area contributed by atoms with E-state index in [-0.39, 0.29) is 23.6 Å². The lowest BCUT2D eigenvalue weighted by molar-refractivity contribution is 0.0461. The van der Waals surface area contributed by atoms with Crippen LogP contribution < -0.4 is 5.56 Å². The lowest BCUT2D eigenvalue weighted by atomic mass is 10.2. The van der Waals surface area contributed by atoms with Crippen molar-refractivity contribution in [1.29, 1.82) is 0 Å². The van der Waals surface area contributed by atoms with Crippen molar-refractivity contribution >= 4 is 17.4 Å².